The lowest BCUT2D eigenvalue weighted by atomic mass is 10.1. The third kappa shape index (κ3) is 6.98. The van der Waals surface area contributed by atoms with Crippen molar-refractivity contribution in [2.24, 2.45) is 0 Å². The molecular weight excluding hydrogens is 413 g/mol. The van der Waals surface area contributed by atoms with Crippen LogP contribution in [-0.2, 0) is 12.7 Å². The Labute approximate surface area is 179 Å². The Bertz CT molecular complexity index is 818. The lowest BCUT2D eigenvalue weighted by Gasteiger charge is -2.25. The Morgan fingerprint density at radius 3 is 2.40 bits per heavy atom. The lowest BCUT2D eigenvalue weighted by Crippen LogP contribution is -2.25. The highest BCUT2D eigenvalue weighted by Gasteiger charge is 2.31. The number of anilines is 2. The van der Waals surface area contributed by atoms with Crippen molar-refractivity contribution in [3.05, 3.63) is 67.0 Å². The first-order chi connectivity index (χ1) is 14.4. The maximum absolute atomic E-state index is 13.2. The number of ether oxygens (including phenoxy) is 1. The Morgan fingerprint density at radius 1 is 1.17 bits per heavy atom. The van der Waals surface area contributed by atoms with Gasteiger partial charge in [0.05, 0.1) is 24.6 Å². The van der Waals surface area contributed by atoms with Gasteiger partial charge in [0.25, 0.3) is 0 Å². The summed E-state index contributed by atoms with van der Waals surface area (Å²) in [5.41, 5.74) is 0.420. The number of nitrogens with one attached hydrogen (secondary N) is 1. The van der Waals surface area contributed by atoms with Crippen LogP contribution in [0.1, 0.15) is 11.1 Å². The molecule has 0 saturated heterocycles. The van der Waals surface area contributed by atoms with Gasteiger partial charge in [0, 0.05) is 31.1 Å². The van der Waals surface area contributed by atoms with Crippen molar-refractivity contribution >= 4 is 23.4 Å². The van der Waals surface area contributed by atoms with Gasteiger partial charge in [-0.15, -0.1) is 13.2 Å². The number of thioether (sulfide) groups is 1. The van der Waals surface area contributed by atoms with E-state index in [4.69, 9.17) is 4.74 Å². The number of alkyl halides is 3. The highest BCUT2D eigenvalue weighted by atomic mass is 32.2. The maximum atomic E-state index is 13.2. The van der Waals surface area contributed by atoms with Gasteiger partial charge >= 0.3 is 6.18 Å². The van der Waals surface area contributed by atoms with Crippen LogP contribution < -0.4 is 15.0 Å². The Balaban J connectivity index is 2.20. The molecule has 1 N–H and O–H groups in total. The van der Waals surface area contributed by atoms with Gasteiger partial charge in [0.2, 0.25) is 5.95 Å². The standard InChI is InChI=1S/C21H25F3N4OS/c1-4-8-28(9-5-2)19-7-6-17(21(22,23)24)12-16(19)13-25-20-26-14-18(15-27-20)29-10-11-30-3/h4-7,12,14-15H,1-2,8-11,13H2,3H3,(H,25,26,27). The van der Waals surface area contributed by atoms with Crippen molar-refractivity contribution in [3.63, 3.8) is 0 Å². The van der Waals surface area contributed by atoms with E-state index in [9.17, 15) is 13.2 Å². The first-order valence-corrected chi connectivity index (χ1v) is 10.6. The third-order valence-electron chi connectivity index (χ3n) is 4.07. The van der Waals surface area contributed by atoms with E-state index in [1.807, 2.05) is 11.2 Å². The molecule has 1 aromatic carbocycles. The second-order valence-corrected chi connectivity index (χ2v) is 7.25. The Kier molecular flexibility index (Phi) is 9.04. The monoisotopic (exact) mass is 438 g/mol. The molecule has 0 aliphatic rings. The lowest BCUT2D eigenvalue weighted by molar-refractivity contribution is -0.137. The zero-order valence-electron chi connectivity index (χ0n) is 16.8. The predicted octanol–water partition coefficient (Wildman–Crippen LogP) is 5.03. The largest absolute Gasteiger partial charge is 0.489 e. The fraction of sp³-hybridized carbons (Fsp3) is 0.333. The summed E-state index contributed by atoms with van der Waals surface area (Å²) in [6, 6.07) is 3.69. The van der Waals surface area contributed by atoms with Gasteiger partial charge in [-0.1, -0.05) is 12.2 Å². The molecule has 162 valence electrons. The van der Waals surface area contributed by atoms with Crippen molar-refractivity contribution < 1.29 is 17.9 Å². The SMILES string of the molecule is C=CCN(CC=C)c1ccc(C(F)(F)F)cc1CNc1ncc(OCCSC)cn1. The van der Waals surface area contributed by atoms with Crippen LogP contribution in [0.5, 0.6) is 5.75 Å². The number of halogens is 3. The molecule has 0 bridgehead atoms. The molecule has 0 radical (unpaired) electrons. The van der Waals surface area contributed by atoms with Crippen molar-refractivity contribution in [2.75, 3.05) is 41.9 Å². The van der Waals surface area contributed by atoms with Gasteiger partial charge in [0.15, 0.2) is 5.75 Å². The average molecular weight is 439 g/mol. The van der Waals surface area contributed by atoms with E-state index in [-0.39, 0.29) is 6.54 Å². The molecule has 0 aliphatic heterocycles. The van der Waals surface area contributed by atoms with Crippen LogP contribution in [0.15, 0.2) is 55.9 Å². The first kappa shape index (κ1) is 23.6. The molecule has 0 fully saturated rings. The molecule has 0 spiro atoms. The number of benzene rings is 1. The molecule has 0 aliphatic carbocycles. The van der Waals surface area contributed by atoms with Crippen molar-refractivity contribution in [1.29, 1.82) is 0 Å². The van der Waals surface area contributed by atoms with E-state index in [2.05, 4.69) is 28.4 Å². The summed E-state index contributed by atoms with van der Waals surface area (Å²) >= 11 is 1.67. The van der Waals surface area contributed by atoms with Crippen molar-refractivity contribution in [2.45, 2.75) is 12.7 Å². The van der Waals surface area contributed by atoms with Crippen LogP contribution in [0, 0.1) is 0 Å². The molecule has 5 nitrogen and oxygen atoms in total. The van der Waals surface area contributed by atoms with Crippen molar-refractivity contribution in [1.82, 2.24) is 9.97 Å². The normalized spacial score (nSPS) is 11.1. The number of hydrogen-bond acceptors (Lipinski definition) is 6. The summed E-state index contributed by atoms with van der Waals surface area (Å²) in [5.74, 6) is 1.69. The molecule has 9 heteroatoms. The fourth-order valence-electron chi connectivity index (χ4n) is 2.69. The number of aromatic nitrogens is 2. The minimum atomic E-state index is -4.43. The van der Waals surface area contributed by atoms with E-state index in [0.29, 0.717) is 42.6 Å². The smallest absolute Gasteiger partial charge is 0.416 e. The van der Waals surface area contributed by atoms with Gasteiger partial charge in [-0.25, -0.2) is 9.97 Å². The zero-order valence-corrected chi connectivity index (χ0v) is 17.6. The highest BCUT2D eigenvalue weighted by Crippen LogP contribution is 2.33. The van der Waals surface area contributed by atoms with E-state index >= 15 is 0 Å². The van der Waals surface area contributed by atoms with Crippen LogP contribution in [0.2, 0.25) is 0 Å². The van der Waals surface area contributed by atoms with Gasteiger partial charge < -0.3 is 15.0 Å². The van der Waals surface area contributed by atoms with E-state index in [1.54, 1.807) is 23.9 Å². The summed E-state index contributed by atoms with van der Waals surface area (Å²) in [7, 11) is 0. The summed E-state index contributed by atoms with van der Waals surface area (Å²) in [4.78, 5) is 10.2. The molecule has 0 saturated carbocycles. The van der Waals surface area contributed by atoms with E-state index < -0.39 is 11.7 Å². The fourth-order valence-corrected chi connectivity index (χ4v) is 2.94. The predicted molar refractivity (Wildman–Crippen MR) is 117 cm³/mol. The van der Waals surface area contributed by atoms with Crippen LogP contribution in [0.3, 0.4) is 0 Å². The van der Waals surface area contributed by atoms with E-state index in [1.165, 1.54) is 18.5 Å². The highest BCUT2D eigenvalue weighted by molar-refractivity contribution is 7.98. The van der Waals surface area contributed by atoms with Crippen molar-refractivity contribution in [3.8, 4) is 5.75 Å². The summed E-state index contributed by atoms with van der Waals surface area (Å²) in [5, 5.41) is 2.99. The maximum Gasteiger partial charge on any atom is 0.416 e. The number of rotatable bonds is 12. The minimum Gasteiger partial charge on any atom is -0.489 e. The van der Waals surface area contributed by atoms with Crippen LogP contribution >= 0.6 is 11.8 Å². The van der Waals surface area contributed by atoms with Crippen LogP contribution in [-0.4, -0.2) is 41.7 Å². The van der Waals surface area contributed by atoms with Gasteiger partial charge in [-0.05, 0) is 30.0 Å². The molecule has 2 aromatic rings. The molecule has 2 rings (SSSR count). The van der Waals surface area contributed by atoms with Gasteiger partial charge in [0.1, 0.15) is 0 Å². The second kappa shape index (κ2) is 11.5. The summed E-state index contributed by atoms with van der Waals surface area (Å²) in [6.07, 6.45) is 4.00. The molecule has 1 heterocycles. The van der Waals surface area contributed by atoms with Gasteiger partial charge in [-0.2, -0.15) is 24.9 Å². The summed E-state index contributed by atoms with van der Waals surface area (Å²) in [6.45, 7) is 9.06. The molecule has 30 heavy (non-hydrogen) atoms. The quantitative estimate of drug-likeness (QED) is 0.371. The van der Waals surface area contributed by atoms with Gasteiger partial charge in [-0.3, -0.25) is 0 Å². The summed E-state index contributed by atoms with van der Waals surface area (Å²) < 4.78 is 45.2. The molecule has 0 atom stereocenters. The second-order valence-electron chi connectivity index (χ2n) is 6.26. The first-order valence-electron chi connectivity index (χ1n) is 9.23. The molecule has 1 aromatic heterocycles. The number of nitrogens with zero attached hydrogens (tertiary/aromatic N) is 3. The van der Waals surface area contributed by atoms with Crippen LogP contribution in [0.4, 0.5) is 24.8 Å². The Hall–Kier alpha value is -2.68. The topological polar surface area (TPSA) is 50.3 Å². The molecular formula is C21H25F3N4OS. The number of hydrogen-bond donors (Lipinski definition) is 1. The third-order valence-corrected chi connectivity index (χ3v) is 4.64. The Morgan fingerprint density at radius 2 is 1.83 bits per heavy atom. The molecule has 0 unspecified atom stereocenters. The van der Waals surface area contributed by atoms with Crippen LogP contribution in [0.25, 0.3) is 0 Å². The minimum absolute atomic E-state index is 0.122. The average Bonchev–Trinajstić information content (AvgIpc) is 2.72. The zero-order chi connectivity index (χ0) is 22.0. The molecule has 0 amide bonds. The van der Waals surface area contributed by atoms with E-state index in [0.717, 1.165) is 17.9 Å².